The summed E-state index contributed by atoms with van der Waals surface area (Å²) in [5.74, 6) is 0.807. The number of benzene rings is 2. The zero-order valence-corrected chi connectivity index (χ0v) is 10.4. The normalized spacial score (nSPS) is 10.7. The highest BCUT2D eigenvalue weighted by Gasteiger charge is 2.05. The summed E-state index contributed by atoms with van der Waals surface area (Å²) in [7, 11) is 0. The van der Waals surface area contributed by atoms with Crippen LogP contribution in [0, 0.1) is 0 Å². The predicted molar refractivity (Wildman–Crippen MR) is 72.6 cm³/mol. The molecule has 2 aromatic carbocycles. The van der Waals surface area contributed by atoms with Crippen LogP contribution in [-0.4, -0.2) is 9.59 Å². The van der Waals surface area contributed by atoms with Gasteiger partial charge in [0.15, 0.2) is 0 Å². The Morgan fingerprint density at radius 2 is 1.94 bits per heavy atom. The van der Waals surface area contributed by atoms with Crippen molar-refractivity contribution in [3.63, 3.8) is 0 Å². The quantitative estimate of drug-likeness (QED) is 0.783. The van der Waals surface area contributed by atoms with Gasteiger partial charge >= 0.3 is 0 Å². The van der Waals surface area contributed by atoms with Gasteiger partial charge in [0, 0.05) is 11.5 Å². The molecule has 2 N–H and O–H groups in total. The van der Waals surface area contributed by atoms with Gasteiger partial charge in [-0.15, -0.1) is 5.10 Å². The number of ether oxygens (including phenoxy) is 1. The number of hydrogen-bond acceptors (Lipinski definition) is 5. The summed E-state index contributed by atoms with van der Waals surface area (Å²) in [6, 6.07) is 14.1. The molecule has 0 bridgehead atoms. The smallest absolute Gasteiger partial charge is 0.136 e. The molecule has 1 heterocycles. The van der Waals surface area contributed by atoms with Crippen molar-refractivity contribution in [1.82, 2.24) is 9.59 Å². The maximum atomic E-state index is 5.71. The molecule has 4 nitrogen and oxygen atoms in total. The molecule has 3 aromatic rings. The van der Waals surface area contributed by atoms with Crippen LogP contribution in [0.15, 0.2) is 42.5 Å². The van der Waals surface area contributed by atoms with Gasteiger partial charge in [0.05, 0.1) is 0 Å². The van der Waals surface area contributed by atoms with Gasteiger partial charge in [-0.2, -0.15) is 0 Å². The van der Waals surface area contributed by atoms with Crippen LogP contribution >= 0.6 is 11.5 Å². The predicted octanol–water partition coefficient (Wildman–Crippen LogP) is 2.85. The lowest BCUT2D eigenvalue weighted by atomic mass is 10.1. The third-order valence-corrected chi connectivity index (χ3v) is 3.28. The third-order valence-electron chi connectivity index (χ3n) is 2.68. The van der Waals surface area contributed by atoms with E-state index in [4.69, 9.17) is 10.5 Å². The Kier molecular flexibility index (Phi) is 2.82. The molecule has 0 amide bonds. The largest absolute Gasteiger partial charge is 0.487 e. The number of nitrogens with two attached hydrogens (primary N) is 1. The molecule has 0 spiro atoms. The molecule has 0 atom stereocenters. The molecule has 1 aromatic heterocycles. The summed E-state index contributed by atoms with van der Waals surface area (Å²) in [6.07, 6.45) is 0. The van der Waals surface area contributed by atoms with E-state index in [2.05, 4.69) is 21.7 Å². The van der Waals surface area contributed by atoms with Crippen molar-refractivity contribution in [2.45, 2.75) is 6.61 Å². The summed E-state index contributed by atoms with van der Waals surface area (Å²) >= 11 is 1.18. The summed E-state index contributed by atoms with van der Waals surface area (Å²) in [5.41, 5.74) is 6.40. The molecule has 0 aliphatic carbocycles. The van der Waals surface area contributed by atoms with Crippen LogP contribution in [0.3, 0.4) is 0 Å². The van der Waals surface area contributed by atoms with Crippen LogP contribution in [0.25, 0.3) is 10.8 Å². The Balaban J connectivity index is 1.81. The molecule has 3 rings (SSSR count). The first-order valence-corrected chi connectivity index (χ1v) is 6.28. The fourth-order valence-corrected chi connectivity index (χ4v) is 2.16. The van der Waals surface area contributed by atoms with E-state index in [0.717, 1.165) is 11.1 Å². The third kappa shape index (κ3) is 2.12. The monoisotopic (exact) mass is 257 g/mol. The van der Waals surface area contributed by atoms with E-state index < -0.39 is 0 Å². The van der Waals surface area contributed by atoms with Crippen LogP contribution in [0.2, 0.25) is 0 Å². The van der Waals surface area contributed by atoms with Crippen molar-refractivity contribution >= 4 is 27.3 Å². The molecule has 90 valence electrons. The molecule has 0 saturated carbocycles. The van der Waals surface area contributed by atoms with Crippen molar-refractivity contribution in [2.24, 2.45) is 0 Å². The maximum Gasteiger partial charge on any atom is 0.136 e. The van der Waals surface area contributed by atoms with Gasteiger partial charge < -0.3 is 10.5 Å². The highest BCUT2D eigenvalue weighted by molar-refractivity contribution is 7.09. The molecule has 0 radical (unpaired) electrons. The highest BCUT2D eigenvalue weighted by atomic mass is 32.1. The first-order valence-electron chi connectivity index (χ1n) is 5.51. The Morgan fingerprint density at radius 1 is 1.11 bits per heavy atom. The average molecular weight is 257 g/mol. The number of fused-ring (bicyclic) bond motifs is 1. The average Bonchev–Trinajstić information content (AvgIpc) is 2.82. The van der Waals surface area contributed by atoms with Crippen LogP contribution in [-0.2, 0) is 6.61 Å². The number of nitrogen functional groups attached to an aromatic ring is 1. The van der Waals surface area contributed by atoms with E-state index in [1.54, 1.807) is 0 Å². The molecule has 5 heteroatoms. The standard InChI is InChI=1S/C13H11N3OS/c14-13-12(15-16-18-13)8-17-11-6-5-9-3-1-2-4-10(9)7-11/h1-7H,8,14H2. The van der Waals surface area contributed by atoms with E-state index in [-0.39, 0.29) is 0 Å². The van der Waals surface area contributed by atoms with Crippen LogP contribution in [0.4, 0.5) is 5.00 Å². The molecule has 0 aliphatic rings. The van der Waals surface area contributed by atoms with Gasteiger partial charge in [0.2, 0.25) is 0 Å². The van der Waals surface area contributed by atoms with Gasteiger partial charge in [-0.1, -0.05) is 34.8 Å². The van der Waals surface area contributed by atoms with Gasteiger partial charge in [-0.05, 0) is 22.9 Å². The lowest BCUT2D eigenvalue weighted by Gasteiger charge is -2.05. The Bertz CT molecular complexity index is 681. The van der Waals surface area contributed by atoms with Crippen molar-refractivity contribution < 1.29 is 4.74 Å². The molecular weight excluding hydrogens is 246 g/mol. The Hall–Kier alpha value is -2.14. The van der Waals surface area contributed by atoms with Crippen LogP contribution in [0.5, 0.6) is 5.75 Å². The molecular formula is C13H11N3OS. The molecule has 0 unspecified atom stereocenters. The molecule has 0 saturated heterocycles. The van der Waals surface area contributed by atoms with E-state index in [9.17, 15) is 0 Å². The second kappa shape index (κ2) is 4.62. The summed E-state index contributed by atoms with van der Waals surface area (Å²) in [5, 5.41) is 6.87. The summed E-state index contributed by atoms with van der Waals surface area (Å²) in [4.78, 5) is 0. The zero-order valence-electron chi connectivity index (χ0n) is 9.54. The minimum atomic E-state index is 0.348. The first kappa shape index (κ1) is 11.0. The van der Waals surface area contributed by atoms with Crippen molar-refractivity contribution in [3.05, 3.63) is 48.2 Å². The first-order chi connectivity index (χ1) is 8.83. The second-order valence-electron chi connectivity index (χ2n) is 3.88. The highest BCUT2D eigenvalue weighted by Crippen LogP contribution is 2.22. The Morgan fingerprint density at radius 3 is 2.72 bits per heavy atom. The number of hydrogen-bond donors (Lipinski definition) is 1. The number of anilines is 1. The maximum absolute atomic E-state index is 5.71. The molecule has 0 fully saturated rings. The SMILES string of the molecule is Nc1snnc1COc1ccc2ccccc2c1. The van der Waals surface area contributed by atoms with E-state index in [0.29, 0.717) is 17.3 Å². The number of aromatic nitrogens is 2. The minimum absolute atomic E-state index is 0.348. The fraction of sp³-hybridized carbons (Fsp3) is 0.0769. The number of nitrogens with zero attached hydrogens (tertiary/aromatic N) is 2. The van der Waals surface area contributed by atoms with E-state index >= 15 is 0 Å². The van der Waals surface area contributed by atoms with Crippen LogP contribution < -0.4 is 10.5 Å². The van der Waals surface area contributed by atoms with E-state index in [1.807, 2.05) is 30.3 Å². The topological polar surface area (TPSA) is 61.0 Å². The van der Waals surface area contributed by atoms with Crippen molar-refractivity contribution in [1.29, 1.82) is 0 Å². The van der Waals surface area contributed by atoms with Crippen LogP contribution in [0.1, 0.15) is 5.69 Å². The number of rotatable bonds is 3. The van der Waals surface area contributed by atoms with Gasteiger partial charge in [-0.3, -0.25) is 0 Å². The summed E-state index contributed by atoms with van der Waals surface area (Å²) in [6.45, 7) is 0.348. The van der Waals surface area contributed by atoms with Gasteiger partial charge in [-0.25, -0.2) is 0 Å². The summed E-state index contributed by atoms with van der Waals surface area (Å²) < 4.78 is 9.43. The van der Waals surface area contributed by atoms with E-state index in [1.165, 1.54) is 16.9 Å². The van der Waals surface area contributed by atoms with Crippen molar-refractivity contribution in [2.75, 3.05) is 5.73 Å². The Labute approximate surface area is 108 Å². The van der Waals surface area contributed by atoms with Crippen molar-refractivity contribution in [3.8, 4) is 5.75 Å². The second-order valence-corrected chi connectivity index (χ2v) is 4.67. The zero-order chi connectivity index (χ0) is 12.4. The minimum Gasteiger partial charge on any atom is -0.487 e. The fourth-order valence-electron chi connectivity index (χ4n) is 1.72. The molecule has 18 heavy (non-hydrogen) atoms. The lowest BCUT2D eigenvalue weighted by Crippen LogP contribution is -1.99. The van der Waals surface area contributed by atoms with Gasteiger partial charge in [0.1, 0.15) is 23.1 Å². The van der Waals surface area contributed by atoms with Gasteiger partial charge in [0.25, 0.3) is 0 Å². The molecule has 0 aliphatic heterocycles. The lowest BCUT2D eigenvalue weighted by molar-refractivity contribution is 0.302.